The van der Waals surface area contributed by atoms with Gasteiger partial charge in [-0.25, -0.2) is 0 Å². The van der Waals surface area contributed by atoms with Crippen LogP contribution in [0.1, 0.15) is 310 Å². The van der Waals surface area contributed by atoms with Crippen molar-refractivity contribution in [3.63, 3.8) is 0 Å². The van der Waals surface area contributed by atoms with Crippen LogP contribution in [-0.4, -0.2) is 37.2 Å². The third-order valence-electron chi connectivity index (χ3n) is 13.8. The van der Waals surface area contributed by atoms with Crippen LogP contribution in [0.5, 0.6) is 0 Å². The van der Waals surface area contributed by atoms with Crippen LogP contribution in [0.3, 0.4) is 0 Å². The summed E-state index contributed by atoms with van der Waals surface area (Å²) in [5, 5.41) is 0. The fourth-order valence-electron chi connectivity index (χ4n) is 9.03. The van der Waals surface area contributed by atoms with Crippen LogP contribution in [0, 0.1) is 0 Å². The zero-order chi connectivity index (χ0) is 55.0. The lowest BCUT2D eigenvalue weighted by atomic mass is 10.0. The molecule has 0 N–H and O–H groups in total. The first-order valence-electron chi connectivity index (χ1n) is 32.2. The van der Waals surface area contributed by atoms with Crippen LogP contribution < -0.4 is 0 Å². The van der Waals surface area contributed by atoms with Crippen molar-refractivity contribution in [2.24, 2.45) is 0 Å². The Kier molecular flexibility index (Phi) is 60.8. The highest BCUT2D eigenvalue weighted by Crippen LogP contribution is 2.16. The van der Waals surface area contributed by atoms with Gasteiger partial charge in [-0.2, -0.15) is 0 Å². The van der Waals surface area contributed by atoms with Gasteiger partial charge in [0.2, 0.25) is 0 Å². The molecule has 0 radical (unpaired) electrons. The number of carbonyl (C=O) groups is 3. The second-order valence-corrected chi connectivity index (χ2v) is 21.3. The first-order chi connectivity index (χ1) is 37.5. The fraction of sp³-hybridized carbons (Fsp3) is 0.729. The van der Waals surface area contributed by atoms with Gasteiger partial charge in [-0.15, -0.1) is 0 Å². The molecule has 0 aromatic carbocycles. The summed E-state index contributed by atoms with van der Waals surface area (Å²) in [5.41, 5.74) is 0. The SMILES string of the molecule is CC/C=C\C/C=C\C/C=C\C/C=C\CCCCCCCCCCCCCCCCC(=O)OCC(COC(=O)CCCCCCC/C=C\C/C=C\C/C=C\CC)OC(=O)CCCCCCC/C=C\CCCCCCCCC. The van der Waals surface area contributed by atoms with E-state index in [0.717, 1.165) is 135 Å². The van der Waals surface area contributed by atoms with Crippen LogP contribution in [0.25, 0.3) is 0 Å². The molecule has 0 aromatic rings. The number of carbonyl (C=O) groups excluding carboxylic acids is 3. The smallest absolute Gasteiger partial charge is 0.306 e. The normalized spacial score (nSPS) is 12.7. The predicted molar refractivity (Wildman–Crippen MR) is 330 cm³/mol. The van der Waals surface area contributed by atoms with E-state index in [2.05, 4.69) is 118 Å². The van der Waals surface area contributed by atoms with E-state index in [1.807, 2.05) is 0 Å². The maximum Gasteiger partial charge on any atom is 0.306 e. The van der Waals surface area contributed by atoms with Crippen molar-refractivity contribution < 1.29 is 28.6 Å². The van der Waals surface area contributed by atoms with Crippen molar-refractivity contribution in [2.75, 3.05) is 13.2 Å². The highest BCUT2D eigenvalue weighted by molar-refractivity contribution is 5.71. The Bertz CT molecular complexity index is 1490. The molecule has 6 nitrogen and oxygen atoms in total. The molecule has 0 saturated carbocycles. The molecule has 0 spiro atoms. The lowest BCUT2D eigenvalue weighted by molar-refractivity contribution is -0.167. The van der Waals surface area contributed by atoms with Gasteiger partial charge in [0.15, 0.2) is 6.10 Å². The molecule has 0 heterocycles. The standard InChI is InChI=1S/C70H120O6/c1-4-7-10-13-16-19-22-25-28-30-31-32-33-34-35-36-37-38-39-40-43-45-48-51-54-57-60-63-69(72)75-66-67(65-74-68(71)62-59-56-53-50-47-44-41-27-24-21-18-15-12-9-6-3)76-70(73)64-61-58-55-52-49-46-42-29-26-23-20-17-14-11-8-5-2/h7,9-10,12,16,18-19,21,25,27-29,31-32,41-42,67H,4-6,8,11,13-15,17,20,22-24,26,30,33-40,43-66H2,1-3H3/b10-7-,12-9-,19-16-,21-18-,28-25-,32-31-,41-27-,42-29-. The predicted octanol–water partition coefficient (Wildman–Crippen LogP) is 22.0. The fourth-order valence-corrected chi connectivity index (χ4v) is 9.03. The van der Waals surface area contributed by atoms with Crippen LogP contribution in [-0.2, 0) is 28.6 Å². The Hall–Kier alpha value is -3.67. The van der Waals surface area contributed by atoms with Crippen molar-refractivity contribution in [3.8, 4) is 0 Å². The van der Waals surface area contributed by atoms with Gasteiger partial charge in [0.05, 0.1) is 0 Å². The molecule has 436 valence electrons. The minimum Gasteiger partial charge on any atom is -0.462 e. The van der Waals surface area contributed by atoms with Crippen LogP contribution in [0.4, 0.5) is 0 Å². The van der Waals surface area contributed by atoms with Gasteiger partial charge in [-0.05, 0) is 116 Å². The molecular formula is C70H120O6. The Balaban J connectivity index is 4.30. The molecular weight excluding hydrogens is 937 g/mol. The Morgan fingerprint density at radius 2 is 0.513 bits per heavy atom. The number of allylic oxidation sites excluding steroid dienone is 16. The molecule has 6 heteroatoms. The van der Waals surface area contributed by atoms with Gasteiger partial charge < -0.3 is 14.2 Å². The Morgan fingerprint density at radius 1 is 0.276 bits per heavy atom. The van der Waals surface area contributed by atoms with Gasteiger partial charge in [0.25, 0.3) is 0 Å². The molecule has 0 rings (SSSR count). The number of rotatable bonds is 58. The van der Waals surface area contributed by atoms with Crippen molar-refractivity contribution in [2.45, 2.75) is 316 Å². The van der Waals surface area contributed by atoms with E-state index in [-0.39, 0.29) is 31.1 Å². The molecule has 0 aromatic heterocycles. The summed E-state index contributed by atoms with van der Waals surface area (Å²) in [6.45, 7) is 6.42. The van der Waals surface area contributed by atoms with Crippen LogP contribution in [0.2, 0.25) is 0 Å². The van der Waals surface area contributed by atoms with Crippen LogP contribution >= 0.6 is 0 Å². The van der Waals surface area contributed by atoms with Crippen LogP contribution in [0.15, 0.2) is 97.2 Å². The maximum atomic E-state index is 12.9. The monoisotopic (exact) mass is 1060 g/mol. The average molecular weight is 1060 g/mol. The largest absolute Gasteiger partial charge is 0.462 e. The van der Waals surface area contributed by atoms with Gasteiger partial charge in [-0.3, -0.25) is 14.4 Å². The minimum atomic E-state index is -0.790. The number of esters is 3. The van der Waals surface area contributed by atoms with E-state index in [9.17, 15) is 14.4 Å². The lowest BCUT2D eigenvalue weighted by Gasteiger charge is -2.18. The zero-order valence-electron chi connectivity index (χ0n) is 50.0. The summed E-state index contributed by atoms with van der Waals surface area (Å²) in [6.07, 6.45) is 85.6. The minimum absolute atomic E-state index is 0.0853. The van der Waals surface area contributed by atoms with E-state index >= 15 is 0 Å². The third-order valence-corrected chi connectivity index (χ3v) is 13.8. The summed E-state index contributed by atoms with van der Waals surface area (Å²) in [5.74, 6) is -0.901. The second-order valence-electron chi connectivity index (χ2n) is 21.3. The number of hydrogen-bond acceptors (Lipinski definition) is 6. The summed E-state index contributed by atoms with van der Waals surface area (Å²) >= 11 is 0. The van der Waals surface area contributed by atoms with E-state index in [1.165, 1.54) is 135 Å². The van der Waals surface area contributed by atoms with Gasteiger partial charge in [0.1, 0.15) is 13.2 Å². The third kappa shape index (κ3) is 61.2. The van der Waals surface area contributed by atoms with Gasteiger partial charge in [0, 0.05) is 19.3 Å². The highest BCUT2D eigenvalue weighted by atomic mass is 16.6. The maximum absolute atomic E-state index is 12.9. The van der Waals surface area contributed by atoms with Crippen molar-refractivity contribution in [1.29, 1.82) is 0 Å². The molecule has 1 unspecified atom stereocenters. The Morgan fingerprint density at radius 3 is 0.816 bits per heavy atom. The average Bonchev–Trinajstić information content (AvgIpc) is 3.42. The van der Waals surface area contributed by atoms with E-state index in [1.54, 1.807) is 0 Å². The molecule has 0 saturated heterocycles. The molecule has 0 aliphatic heterocycles. The van der Waals surface area contributed by atoms with Gasteiger partial charge in [-0.1, -0.05) is 272 Å². The first-order valence-corrected chi connectivity index (χ1v) is 32.2. The second kappa shape index (κ2) is 63.9. The van der Waals surface area contributed by atoms with Gasteiger partial charge >= 0.3 is 17.9 Å². The quantitative estimate of drug-likeness (QED) is 0.0261. The Labute approximate surface area is 470 Å². The lowest BCUT2D eigenvalue weighted by Crippen LogP contribution is -2.30. The molecule has 1 atom stereocenters. The topological polar surface area (TPSA) is 78.9 Å². The number of hydrogen-bond donors (Lipinski definition) is 0. The zero-order valence-corrected chi connectivity index (χ0v) is 50.0. The summed E-state index contributed by atoms with van der Waals surface area (Å²) in [4.78, 5) is 38.3. The molecule has 76 heavy (non-hydrogen) atoms. The summed E-state index contributed by atoms with van der Waals surface area (Å²) < 4.78 is 16.9. The first kappa shape index (κ1) is 72.3. The van der Waals surface area contributed by atoms with Crippen molar-refractivity contribution >= 4 is 17.9 Å². The molecule has 0 bridgehead atoms. The van der Waals surface area contributed by atoms with E-state index in [0.29, 0.717) is 19.3 Å². The molecule has 0 aliphatic rings. The highest BCUT2D eigenvalue weighted by Gasteiger charge is 2.19. The molecule has 0 aliphatic carbocycles. The van der Waals surface area contributed by atoms with Crippen molar-refractivity contribution in [3.05, 3.63) is 97.2 Å². The van der Waals surface area contributed by atoms with Crippen molar-refractivity contribution in [1.82, 2.24) is 0 Å². The summed E-state index contributed by atoms with van der Waals surface area (Å²) in [7, 11) is 0. The summed E-state index contributed by atoms with van der Waals surface area (Å²) in [6, 6.07) is 0. The molecule has 0 amide bonds. The number of unbranched alkanes of at least 4 members (excludes halogenated alkanes) is 31. The van der Waals surface area contributed by atoms with E-state index in [4.69, 9.17) is 14.2 Å². The molecule has 0 fully saturated rings. The van der Waals surface area contributed by atoms with E-state index < -0.39 is 6.10 Å². The number of ether oxygens (including phenoxy) is 3.